The lowest BCUT2D eigenvalue weighted by Gasteiger charge is -2.32. The van der Waals surface area contributed by atoms with Gasteiger partial charge in [0.2, 0.25) is 17.7 Å². The van der Waals surface area contributed by atoms with E-state index in [1.807, 2.05) is 48.1 Å². The summed E-state index contributed by atoms with van der Waals surface area (Å²) in [4.78, 5) is 46.0. The standard InChI is InChI=1S/C23H36N4O4S/c1-23(2,3)13-20(28)26(15-18-6-5-11-32-18)17-12-19(27(14-17)21(29)16-31-4)22(30)25-9-7-24-8-10-25/h5-6,11,17,19,24H,7-10,12-16H2,1-4H3. The number of likely N-dealkylation sites (tertiary alicyclic amines) is 1. The molecular formula is C23H36N4O4S. The van der Waals surface area contributed by atoms with Gasteiger partial charge in [-0.25, -0.2) is 0 Å². The third-order valence-electron chi connectivity index (χ3n) is 5.93. The van der Waals surface area contributed by atoms with Crippen molar-refractivity contribution in [3.8, 4) is 0 Å². The summed E-state index contributed by atoms with van der Waals surface area (Å²) in [6.07, 6.45) is 0.872. The number of carbonyl (C=O) groups is 3. The van der Waals surface area contributed by atoms with Crippen LogP contribution in [0.2, 0.25) is 0 Å². The predicted molar refractivity (Wildman–Crippen MR) is 124 cm³/mol. The van der Waals surface area contributed by atoms with Gasteiger partial charge in [-0.15, -0.1) is 11.3 Å². The lowest BCUT2D eigenvalue weighted by molar-refractivity contribution is -0.146. The van der Waals surface area contributed by atoms with Gasteiger partial charge in [0.15, 0.2) is 0 Å². The summed E-state index contributed by atoms with van der Waals surface area (Å²) in [5.41, 5.74) is -0.148. The molecule has 0 saturated carbocycles. The number of hydrogen-bond donors (Lipinski definition) is 1. The zero-order chi connectivity index (χ0) is 23.3. The van der Waals surface area contributed by atoms with E-state index in [4.69, 9.17) is 4.74 Å². The monoisotopic (exact) mass is 464 g/mol. The molecule has 32 heavy (non-hydrogen) atoms. The smallest absolute Gasteiger partial charge is 0.249 e. The third-order valence-corrected chi connectivity index (χ3v) is 6.79. The van der Waals surface area contributed by atoms with Gasteiger partial charge in [0.25, 0.3) is 0 Å². The highest BCUT2D eigenvalue weighted by molar-refractivity contribution is 7.09. The van der Waals surface area contributed by atoms with E-state index in [2.05, 4.69) is 5.32 Å². The number of carbonyl (C=O) groups excluding carboxylic acids is 3. The van der Waals surface area contributed by atoms with Gasteiger partial charge in [-0.1, -0.05) is 26.8 Å². The molecule has 1 N–H and O–H groups in total. The number of piperazine rings is 1. The molecule has 3 heterocycles. The molecule has 1 aromatic rings. The molecule has 2 aliphatic heterocycles. The van der Waals surface area contributed by atoms with Crippen molar-refractivity contribution < 1.29 is 19.1 Å². The van der Waals surface area contributed by atoms with E-state index >= 15 is 0 Å². The second kappa shape index (κ2) is 10.8. The predicted octanol–water partition coefficient (Wildman–Crippen LogP) is 1.56. The molecule has 0 bridgehead atoms. The number of hydrogen-bond acceptors (Lipinski definition) is 6. The van der Waals surface area contributed by atoms with E-state index < -0.39 is 6.04 Å². The molecule has 8 nitrogen and oxygen atoms in total. The highest BCUT2D eigenvalue weighted by Crippen LogP contribution is 2.29. The van der Waals surface area contributed by atoms with Gasteiger partial charge in [-0.3, -0.25) is 14.4 Å². The Morgan fingerprint density at radius 2 is 1.97 bits per heavy atom. The number of methoxy groups -OCH3 is 1. The van der Waals surface area contributed by atoms with Crippen molar-refractivity contribution >= 4 is 29.1 Å². The van der Waals surface area contributed by atoms with Crippen LogP contribution >= 0.6 is 11.3 Å². The molecule has 178 valence electrons. The summed E-state index contributed by atoms with van der Waals surface area (Å²) in [6.45, 7) is 9.70. The van der Waals surface area contributed by atoms with Crippen molar-refractivity contribution in [2.45, 2.75) is 52.2 Å². The van der Waals surface area contributed by atoms with Gasteiger partial charge >= 0.3 is 0 Å². The van der Waals surface area contributed by atoms with Crippen LogP contribution in [0.1, 0.15) is 38.5 Å². The van der Waals surface area contributed by atoms with Crippen LogP contribution in [0.3, 0.4) is 0 Å². The van der Waals surface area contributed by atoms with E-state index in [0.29, 0.717) is 39.0 Å². The number of nitrogens with one attached hydrogen (secondary N) is 1. The SMILES string of the molecule is COCC(=O)N1CC(N(Cc2cccs2)C(=O)CC(C)(C)C)CC1C(=O)N1CCNCC1. The molecule has 3 amide bonds. The van der Waals surface area contributed by atoms with Gasteiger partial charge in [0.05, 0.1) is 12.6 Å². The normalized spacial score (nSPS) is 21.6. The van der Waals surface area contributed by atoms with Crippen molar-refractivity contribution in [3.05, 3.63) is 22.4 Å². The summed E-state index contributed by atoms with van der Waals surface area (Å²) in [6, 6.07) is 3.24. The lowest BCUT2D eigenvalue weighted by atomic mass is 9.91. The zero-order valence-corrected chi connectivity index (χ0v) is 20.5. The average Bonchev–Trinajstić information content (AvgIpc) is 3.41. The molecular weight excluding hydrogens is 428 g/mol. The maximum Gasteiger partial charge on any atom is 0.249 e. The molecule has 2 atom stereocenters. The van der Waals surface area contributed by atoms with Gasteiger partial charge < -0.3 is 24.8 Å². The second-order valence-electron chi connectivity index (χ2n) is 9.80. The van der Waals surface area contributed by atoms with Gasteiger partial charge in [0.1, 0.15) is 12.6 Å². The molecule has 2 saturated heterocycles. The Hall–Kier alpha value is -1.97. The molecule has 0 radical (unpaired) electrons. The Bertz CT molecular complexity index is 786. The van der Waals surface area contributed by atoms with Crippen LogP contribution < -0.4 is 5.32 Å². The number of thiophene rings is 1. The van der Waals surface area contributed by atoms with Crippen LogP contribution in [0.4, 0.5) is 0 Å². The van der Waals surface area contributed by atoms with Gasteiger partial charge in [0, 0.05) is 51.1 Å². The van der Waals surface area contributed by atoms with Crippen LogP contribution in [-0.4, -0.2) is 90.9 Å². The van der Waals surface area contributed by atoms with E-state index in [1.54, 1.807) is 16.2 Å². The Morgan fingerprint density at radius 3 is 2.56 bits per heavy atom. The summed E-state index contributed by atoms with van der Waals surface area (Å²) < 4.78 is 5.08. The molecule has 2 aliphatic rings. The van der Waals surface area contributed by atoms with Crippen molar-refractivity contribution in [2.24, 2.45) is 5.41 Å². The van der Waals surface area contributed by atoms with E-state index in [9.17, 15) is 14.4 Å². The summed E-state index contributed by atoms with van der Waals surface area (Å²) in [5, 5.41) is 5.26. The number of nitrogens with zero attached hydrogens (tertiary/aromatic N) is 3. The van der Waals surface area contributed by atoms with Crippen LogP contribution in [0.15, 0.2) is 17.5 Å². The highest BCUT2D eigenvalue weighted by Gasteiger charge is 2.44. The molecule has 3 rings (SSSR count). The minimum absolute atomic E-state index is 0.0298. The van der Waals surface area contributed by atoms with Crippen molar-refractivity contribution in [1.82, 2.24) is 20.0 Å². The summed E-state index contributed by atoms with van der Waals surface area (Å²) in [5.74, 6) is -0.175. The topological polar surface area (TPSA) is 82.2 Å². The van der Waals surface area contributed by atoms with Crippen LogP contribution in [0.5, 0.6) is 0 Å². The number of rotatable bonds is 7. The Morgan fingerprint density at radius 1 is 1.25 bits per heavy atom. The van der Waals surface area contributed by atoms with Crippen LogP contribution in [0, 0.1) is 5.41 Å². The van der Waals surface area contributed by atoms with Crippen LogP contribution in [0.25, 0.3) is 0 Å². The molecule has 2 fully saturated rings. The quantitative estimate of drug-likeness (QED) is 0.662. The third kappa shape index (κ3) is 6.30. The Labute approximate surface area is 194 Å². The first-order valence-electron chi connectivity index (χ1n) is 11.3. The zero-order valence-electron chi connectivity index (χ0n) is 19.6. The van der Waals surface area contributed by atoms with Crippen LogP contribution in [-0.2, 0) is 25.7 Å². The van der Waals surface area contributed by atoms with Crippen molar-refractivity contribution in [2.75, 3.05) is 46.4 Å². The van der Waals surface area contributed by atoms with Crippen molar-refractivity contribution in [3.63, 3.8) is 0 Å². The lowest BCUT2D eigenvalue weighted by Crippen LogP contribution is -2.53. The fourth-order valence-electron chi connectivity index (χ4n) is 4.40. The van der Waals surface area contributed by atoms with Gasteiger partial charge in [-0.05, 0) is 23.3 Å². The number of amides is 3. The Balaban J connectivity index is 1.84. The molecule has 0 aliphatic carbocycles. The maximum absolute atomic E-state index is 13.4. The number of ether oxygens (including phenoxy) is 1. The minimum atomic E-state index is -0.561. The molecule has 0 aromatic carbocycles. The average molecular weight is 465 g/mol. The maximum atomic E-state index is 13.4. The molecule has 0 spiro atoms. The largest absolute Gasteiger partial charge is 0.375 e. The van der Waals surface area contributed by atoms with Crippen molar-refractivity contribution in [1.29, 1.82) is 0 Å². The molecule has 9 heteroatoms. The van der Waals surface area contributed by atoms with E-state index in [0.717, 1.165) is 18.0 Å². The Kier molecular flexibility index (Phi) is 8.30. The molecule has 1 aromatic heterocycles. The first kappa shape index (κ1) is 24.7. The van der Waals surface area contributed by atoms with E-state index in [-0.39, 0.29) is 35.8 Å². The minimum Gasteiger partial charge on any atom is -0.375 e. The first-order valence-corrected chi connectivity index (χ1v) is 12.2. The summed E-state index contributed by atoms with van der Waals surface area (Å²) >= 11 is 1.61. The van der Waals surface area contributed by atoms with Gasteiger partial charge in [-0.2, -0.15) is 0 Å². The highest BCUT2D eigenvalue weighted by atomic mass is 32.1. The fraction of sp³-hybridized carbons (Fsp3) is 0.696. The molecule has 2 unspecified atom stereocenters. The fourth-order valence-corrected chi connectivity index (χ4v) is 5.10. The first-order chi connectivity index (χ1) is 15.2. The summed E-state index contributed by atoms with van der Waals surface area (Å²) in [7, 11) is 1.48. The second-order valence-corrected chi connectivity index (χ2v) is 10.8. The van der Waals surface area contributed by atoms with E-state index in [1.165, 1.54) is 7.11 Å².